The number of nitrogens with one attached hydrogen (secondary N) is 1. The summed E-state index contributed by atoms with van der Waals surface area (Å²) >= 11 is 0. The molecule has 158 valence electrons. The number of hydrogen-bond acceptors (Lipinski definition) is 4. The highest BCUT2D eigenvalue weighted by Crippen LogP contribution is 2.59. The Labute approximate surface area is 180 Å². The first-order valence-electron chi connectivity index (χ1n) is 10.3. The molecule has 0 aliphatic carbocycles. The Morgan fingerprint density at radius 1 is 0.867 bits per heavy atom. The summed E-state index contributed by atoms with van der Waals surface area (Å²) in [5.74, 6) is -0.224. The van der Waals surface area contributed by atoms with Crippen LogP contribution in [0.3, 0.4) is 0 Å². The first-order chi connectivity index (χ1) is 14.4. The van der Waals surface area contributed by atoms with Gasteiger partial charge in [0, 0.05) is 30.8 Å². The van der Waals surface area contributed by atoms with Crippen molar-refractivity contribution >= 4 is 24.0 Å². The van der Waals surface area contributed by atoms with Crippen LogP contribution in [-0.4, -0.2) is 20.7 Å². The van der Waals surface area contributed by atoms with Gasteiger partial charge in [0.15, 0.2) is 0 Å². The van der Waals surface area contributed by atoms with Gasteiger partial charge in [0.05, 0.1) is 6.61 Å². The molecule has 0 aromatic heterocycles. The minimum Gasteiger partial charge on any atom is -0.378 e. The molecule has 30 heavy (non-hydrogen) atoms. The van der Waals surface area contributed by atoms with Gasteiger partial charge in [-0.1, -0.05) is 62.4 Å². The van der Waals surface area contributed by atoms with E-state index in [2.05, 4.69) is 19.2 Å². The van der Waals surface area contributed by atoms with E-state index in [1.807, 2.05) is 104 Å². The van der Waals surface area contributed by atoms with Crippen molar-refractivity contribution in [1.29, 1.82) is 0 Å². The largest absolute Gasteiger partial charge is 0.378 e. The summed E-state index contributed by atoms with van der Waals surface area (Å²) in [6.45, 7) is 4.57. The fraction of sp³-hybridized carbons (Fsp3) is 0.280. The molecule has 3 aromatic carbocycles. The Bertz CT molecular complexity index is 957. The molecule has 0 amide bonds. The Hall–Kier alpha value is -2.55. The van der Waals surface area contributed by atoms with Crippen molar-refractivity contribution in [3.8, 4) is 0 Å². The van der Waals surface area contributed by atoms with Crippen LogP contribution < -0.4 is 15.5 Å². The normalized spacial score (nSPS) is 14.2. The summed E-state index contributed by atoms with van der Waals surface area (Å²) in [5, 5.41) is 4.21. The maximum Gasteiger partial charge on any atom is 0.258 e. The highest BCUT2D eigenvalue weighted by atomic mass is 31.2. The van der Waals surface area contributed by atoms with Gasteiger partial charge >= 0.3 is 0 Å². The van der Waals surface area contributed by atoms with Crippen LogP contribution in [0.2, 0.25) is 0 Å². The predicted octanol–water partition coefficient (Wildman–Crippen LogP) is 6.14. The monoisotopic (exact) mass is 422 g/mol. The number of nitrogens with zero attached hydrogens (tertiary/aromatic N) is 1. The number of hydrogen-bond donors (Lipinski definition) is 1. The van der Waals surface area contributed by atoms with E-state index >= 15 is 0 Å². The SMILES string of the molecule is CC(C)CO[P@](=O)(c1ccc(N(C)C)cc1)[C@H](Nc1ccccc1)c1ccccc1. The van der Waals surface area contributed by atoms with Crippen LogP contribution >= 0.6 is 7.37 Å². The zero-order valence-electron chi connectivity index (χ0n) is 18.2. The lowest BCUT2D eigenvalue weighted by atomic mass is 10.2. The summed E-state index contributed by atoms with van der Waals surface area (Å²) in [7, 11) is 0.684. The molecule has 4 nitrogen and oxygen atoms in total. The van der Waals surface area contributed by atoms with Crippen molar-refractivity contribution in [3.05, 3.63) is 90.5 Å². The molecule has 0 unspecified atom stereocenters. The van der Waals surface area contributed by atoms with E-state index in [1.54, 1.807) is 0 Å². The third-order valence-corrected chi connectivity index (χ3v) is 7.52. The van der Waals surface area contributed by atoms with Gasteiger partial charge in [0.2, 0.25) is 0 Å². The summed E-state index contributed by atoms with van der Waals surface area (Å²) in [6.07, 6.45) is 0. The Kier molecular flexibility index (Phi) is 7.36. The fourth-order valence-corrected chi connectivity index (χ4v) is 5.77. The lowest BCUT2D eigenvalue weighted by molar-refractivity contribution is 0.272. The maximum atomic E-state index is 14.6. The van der Waals surface area contributed by atoms with Gasteiger partial charge in [-0.25, -0.2) is 0 Å². The second-order valence-corrected chi connectivity index (χ2v) is 10.5. The van der Waals surface area contributed by atoms with E-state index in [-0.39, 0.29) is 5.92 Å². The maximum absolute atomic E-state index is 14.6. The van der Waals surface area contributed by atoms with Crippen molar-refractivity contribution in [1.82, 2.24) is 0 Å². The van der Waals surface area contributed by atoms with Gasteiger partial charge < -0.3 is 14.7 Å². The Balaban J connectivity index is 2.09. The molecule has 0 aliphatic heterocycles. The molecule has 5 heteroatoms. The molecule has 3 rings (SSSR count). The van der Waals surface area contributed by atoms with Crippen LogP contribution in [0.1, 0.15) is 25.2 Å². The van der Waals surface area contributed by atoms with Crippen LogP contribution in [-0.2, 0) is 9.09 Å². The molecular formula is C25H31N2O2P. The zero-order chi connectivity index (χ0) is 21.6. The standard InChI is InChI=1S/C25H31N2O2P/c1-20(2)19-29-30(28,24-17-15-23(16-18-24)27(3)4)25(21-11-7-5-8-12-21)26-22-13-9-6-10-14-22/h5-18,20,25-26H,19H2,1-4H3/t25-,30+/m0/s1. The molecule has 0 radical (unpaired) electrons. The number of benzene rings is 3. The molecule has 0 fully saturated rings. The molecule has 0 bridgehead atoms. The van der Waals surface area contributed by atoms with Gasteiger partial charge in [0.25, 0.3) is 7.37 Å². The van der Waals surface area contributed by atoms with Crippen LogP contribution in [0.25, 0.3) is 0 Å². The zero-order valence-corrected chi connectivity index (χ0v) is 19.1. The van der Waals surface area contributed by atoms with Gasteiger partial charge in [-0.2, -0.15) is 0 Å². The molecule has 3 aromatic rings. The number of rotatable bonds is 9. The molecule has 0 aliphatic rings. The first-order valence-corrected chi connectivity index (χ1v) is 12.0. The van der Waals surface area contributed by atoms with E-state index in [0.29, 0.717) is 11.9 Å². The second-order valence-electron chi connectivity index (χ2n) is 8.02. The minimum atomic E-state index is -3.30. The van der Waals surface area contributed by atoms with Gasteiger partial charge in [-0.05, 0) is 47.9 Å². The van der Waals surface area contributed by atoms with Crippen molar-refractivity contribution in [2.24, 2.45) is 5.92 Å². The fourth-order valence-electron chi connectivity index (χ4n) is 3.21. The Morgan fingerprint density at radius 3 is 1.97 bits per heavy atom. The highest BCUT2D eigenvalue weighted by molar-refractivity contribution is 7.67. The number of para-hydroxylation sites is 1. The molecule has 0 saturated heterocycles. The summed E-state index contributed by atoms with van der Waals surface area (Å²) in [4.78, 5) is 2.03. The van der Waals surface area contributed by atoms with Crippen LogP contribution in [0, 0.1) is 5.92 Å². The molecular weight excluding hydrogens is 391 g/mol. The van der Waals surface area contributed by atoms with Crippen molar-refractivity contribution < 1.29 is 9.09 Å². The van der Waals surface area contributed by atoms with E-state index in [9.17, 15) is 4.57 Å². The van der Waals surface area contributed by atoms with E-state index in [4.69, 9.17) is 4.52 Å². The average molecular weight is 423 g/mol. The minimum absolute atomic E-state index is 0.271. The quantitative estimate of drug-likeness (QED) is 0.421. The topological polar surface area (TPSA) is 41.6 Å². The molecule has 0 heterocycles. The second kappa shape index (κ2) is 9.97. The average Bonchev–Trinajstić information content (AvgIpc) is 2.77. The van der Waals surface area contributed by atoms with Crippen molar-refractivity contribution in [3.63, 3.8) is 0 Å². The molecule has 1 N–H and O–H groups in total. The highest BCUT2D eigenvalue weighted by Gasteiger charge is 2.38. The van der Waals surface area contributed by atoms with Crippen molar-refractivity contribution in [2.75, 3.05) is 30.9 Å². The first kappa shape index (κ1) is 22.1. The molecule has 0 saturated carbocycles. The third-order valence-electron chi connectivity index (χ3n) is 4.86. The van der Waals surface area contributed by atoms with Gasteiger partial charge in [-0.3, -0.25) is 4.57 Å². The summed E-state index contributed by atoms with van der Waals surface area (Å²) in [6, 6.07) is 27.6. The smallest absolute Gasteiger partial charge is 0.258 e. The summed E-state index contributed by atoms with van der Waals surface area (Å²) < 4.78 is 20.9. The van der Waals surface area contributed by atoms with Crippen LogP contribution in [0.4, 0.5) is 11.4 Å². The van der Waals surface area contributed by atoms with E-state index in [1.165, 1.54) is 0 Å². The predicted molar refractivity (Wildman–Crippen MR) is 128 cm³/mol. The van der Waals surface area contributed by atoms with E-state index < -0.39 is 13.2 Å². The lowest BCUT2D eigenvalue weighted by Crippen LogP contribution is -2.22. The van der Waals surface area contributed by atoms with Crippen LogP contribution in [0.15, 0.2) is 84.9 Å². The van der Waals surface area contributed by atoms with Crippen molar-refractivity contribution in [2.45, 2.75) is 19.6 Å². The van der Waals surface area contributed by atoms with Gasteiger partial charge in [0.1, 0.15) is 5.78 Å². The summed E-state index contributed by atoms with van der Waals surface area (Å²) in [5.41, 5.74) is 2.90. The van der Waals surface area contributed by atoms with Gasteiger partial charge in [-0.15, -0.1) is 0 Å². The third kappa shape index (κ3) is 5.33. The molecule has 2 atom stereocenters. The van der Waals surface area contributed by atoms with E-state index in [0.717, 1.165) is 16.9 Å². The van der Waals surface area contributed by atoms with Crippen LogP contribution in [0.5, 0.6) is 0 Å². The number of anilines is 2. The lowest BCUT2D eigenvalue weighted by Gasteiger charge is -2.30. The Morgan fingerprint density at radius 2 is 1.43 bits per heavy atom. The molecule has 0 spiro atoms.